The number of benzene rings is 1. The van der Waals surface area contributed by atoms with E-state index in [0.717, 1.165) is 22.0 Å². The number of amides is 1. The Balaban J connectivity index is 1.94. The Kier molecular flexibility index (Phi) is 4.63. The molecule has 1 heterocycles. The molecule has 0 radical (unpaired) electrons. The van der Waals surface area contributed by atoms with Gasteiger partial charge < -0.3 is 0 Å². The van der Waals surface area contributed by atoms with Crippen molar-refractivity contribution in [2.45, 2.75) is 27.2 Å². The molecule has 0 spiro atoms. The minimum Gasteiger partial charge on any atom is -0.273 e. The summed E-state index contributed by atoms with van der Waals surface area (Å²) < 4.78 is 0. The third-order valence-electron chi connectivity index (χ3n) is 2.83. The second-order valence-electron chi connectivity index (χ2n) is 4.63. The first-order valence-electron chi connectivity index (χ1n) is 6.36. The summed E-state index contributed by atoms with van der Waals surface area (Å²) in [7, 11) is 0. The van der Waals surface area contributed by atoms with Crippen LogP contribution >= 0.6 is 11.3 Å². The van der Waals surface area contributed by atoms with Gasteiger partial charge in [-0.3, -0.25) is 4.79 Å². The molecule has 104 valence electrons. The van der Waals surface area contributed by atoms with Crippen molar-refractivity contribution in [1.82, 2.24) is 10.4 Å². The first kappa shape index (κ1) is 14.4. The van der Waals surface area contributed by atoms with Crippen LogP contribution in [-0.2, 0) is 11.2 Å². The van der Waals surface area contributed by atoms with Crippen molar-refractivity contribution in [2.24, 2.45) is 5.10 Å². The molecular formula is C15H17N3OS. The Morgan fingerprint density at radius 2 is 2.00 bits per heavy atom. The van der Waals surface area contributed by atoms with E-state index < -0.39 is 0 Å². The van der Waals surface area contributed by atoms with Crippen LogP contribution in [0.5, 0.6) is 0 Å². The zero-order chi connectivity index (χ0) is 14.5. The fourth-order valence-corrected chi connectivity index (χ4v) is 2.31. The van der Waals surface area contributed by atoms with E-state index >= 15 is 0 Å². The van der Waals surface area contributed by atoms with Gasteiger partial charge >= 0.3 is 0 Å². The van der Waals surface area contributed by atoms with E-state index in [2.05, 4.69) is 15.5 Å². The number of nitrogens with zero attached hydrogens (tertiary/aromatic N) is 2. The van der Waals surface area contributed by atoms with Crippen LogP contribution in [0.3, 0.4) is 0 Å². The summed E-state index contributed by atoms with van der Waals surface area (Å²) in [4.78, 5) is 16.0. The Morgan fingerprint density at radius 3 is 2.60 bits per heavy atom. The maximum atomic E-state index is 11.8. The fourth-order valence-electron chi connectivity index (χ4n) is 1.70. The highest BCUT2D eigenvalue weighted by Crippen LogP contribution is 2.08. The van der Waals surface area contributed by atoms with E-state index in [0.29, 0.717) is 0 Å². The van der Waals surface area contributed by atoms with Crippen LogP contribution < -0.4 is 5.43 Å². The summed E-state index contributed by atoms with van der Waals surface area (Å²) in [6.07, 6.45) is 0.259. The van der Waals surface area contributed by atoms with E-state index in [1.165, 1.54) is 5.56 Å². The van der Waals surface area contributed by atoms with Crippen molar-refractivity contribution >= 4 is 23.0 Å². The van der Waals surface area contributed by atoms with Gasteiger partial charge in [-0.15, -0.1) is 11.3 Å². The molecule has 5 heteroatoms. The lowest BCUT2D eigenvalue weighted by molar-refractivity contribution is -0.120. The predicted octanol–water partition coefficient (Wildman–Crippen LogP) is 2.84. The second-order valence-corrected chi connectivity index (χ2v) is 5.70. The predicted molar refractivity (Wildman–Crippen MR) is 82.1 cm³/mol. The normalized spacial score (nSPS) is 11.4. The number of hydrogen-bond donors (Lipinski definition) is 1. The van der Waals surface area contributed by atoms with Crippen molar-refractivity contribution in [3.63, 3.8) is 0 Å². The van der Waals surface area contributed by atoms with Gasteiger partial charge in [0, 0.05) is 5.38 Å². The van der Waals surface area contributed by atoms with Crippen LogP contribution in [-0.4, -0.2) is 16.6 Å². The third-order valence-corrected chi connectivity index (χ3v) is 3.65. The second kappa shape index (κ2) is 6.43. The van der Waals surface area contributed by atoms with E-state index in [9.17, 15) is 4.79 Å². The Morgan fingerprint density at radius 1 is 1.30 bits per heavy atom. The molecule has 1 aromatic heterocycles. The molecule has 1 N–H and O–H groups in total. The van der Waals surface area contributed by atoms with E-state index in [1.807, 2.05) is 50.4 Å². The molecule has 2 aromatic rings. The number of nitrogens with one attached hydrogen (secondary N) is 1. The number of rotatable bonds is 4. The lowest BCUT2D eigenvalue weighted by Gasteiger charge is -2.02. The highest BCUT2D eigenvalue weighted by molar-refractivity contribution is 7.09. The summed E-state index contributed by atoms with van der Waals surface area (Å²) >= 11 is 1.54. The number of carbonyl (C=O) groups is 1. The molecule has 0 saturated heterocycles. The summed E-state index contributed by atoms with van der Waals surface area (Å²) in [5.41, 5.74) is 6.34. The highest BCUT2D eigenvalue weighted by Gasteiger charge is 2.06. The van der Waals surface area contributed by atoms with Gasteiger partial charge in [-0.25, -0.2) is 10.4 Å². The number of aromatic nitrogens is 1. The lowest BCUT2D eigenvalue weighted by Crippen LogP contribution is -2.21. The van der Waals surface area contributed by atoms with Gasteiger partial charge in [0.05, 0.1) is 22.8 Å². The number of carbonyl (C=O) groups excluding carboxylic acids is 1. The first-order chi connectivity index (χ1) is 9.54. The average Bonchev–Trinajstić information content (AvgIpc) is 2.82. The molecule has 0 aliphatic rings. The largest absolute Gasteiger partial charge is 0.273 e. The topological polar surface area (TPSA) is 54.4 Å². The maximum Gasteiger partial charge on any atom is 0.246 e. The summed E-state index contributed by atoms with van der Waals surface area (Å²) in [5, 5.41) is 6.98. The van der Waals surface area contributed by atoms with E-state index in [4.69, 9.17) is 0 Å². The standard InChI is InChI=1S/C15H17N3OS/c1-10-4-6-13(7-5-10)11(2)17-18-15(19)8-14-9-20-12(3)16-14/h4-7,9H,8H2,1-3H3,(H,18,19)/b17-11-. The van der Waals surface area contributed by atoms with Crippen molar-refractivity contribution in [1.29, 1.82) is 0 Å². The van der Waals surface area contributed by atoms with Crippen molar-refractivity contribution in [3.8, 4) is 0 Å². The molecule has 20 heavy (non-hydrogen) atoms. The minimum absolute atomic E-state index is 0.151. The van der Waals surface area contributed by atoms with Crippen LogP contribution in [0.4, 0.5) is 0 Å². The van der Waals surface area contributed by atoms with Gasteiger partial charge in [0.1, 0.15) is 0 Å². The van der Waals surface area contributed by atoms with Crippen molar-refractivity contribution in [2.75, 3.05) is 0 Å². The van der Waals surface area contributed by atoms with Crippen LogP contribution in [0, 0.1) is 13.8 Å². The minimum atomic E-state index is -0.151. The van der Waals surface area contributed by atoms with Crippen LogP contribution in [0.1, 0.15) is 28.8 Å². The lowest BCUT2D eigenvalue weighted by atomic mass is 10.1. The smallest absolute Gasteiger partial charge is 0.246 e. The Hall–Kier alpha value is -2.01. The third kappa shape index (κ3) is 3.99. The van der Waals surface area contributed by atoms with Gasteiger partial charge in [0.15, 0.2) is 0 Å². The summed E-state index contributed by atoms with van der Waals surface area (Å²) in [5.74, 6) is -0.151. The van der Waals surface area contributed by atoms with Crippen molar-refractivity contribution in [3.05, 3.63) is 51.5 Å². The van der Waals surface area contributed by atoms with Gasteiger partial charge in [0.25, 0.3) is 0 Å². The van der Waals surface area contributed by atoms with Gasteiger partial charge in [-0.05, 0) is 26.3 Å². The zero-order valence-electron chi connectivity index (χ0n) is 11.8. The van der Waals surface area contributed by atoms with E-state index in [-0.39, 0.29) is 12.3 Å². The highest BCUT2D eigenvalue weighted by atomic mass is 32.1. The number of aryl methyl sites for hydroxylation is 2. The van der Waals surface area contributed by atoms with Crippen LogP contribution in [0.25, 0.3) is 0 Å². The summed E-state index contributed by atoms with van der Waals surface area (Å²) in [6.45, 7) is 5.83. The maximum absolute atomic E-state index is 11.8. The van der Waals surface area contributed by atoms with Crippen LogP contribution in [0.2, 0.25) is 0 Å². The van der Waals surface area contributed by atoms with Gasteiger partial charge in [-0.2, -0.15) is 5.10 Å². The fraction of sp³-hybridized carbons (Fsp3) is 0.267. The molecule has 1 aromatic carbocycles. The quantitative estimate of drug-likeness (QED) is 0.694. The van der Waals surface area contributed by atoms with E-state index in [1.54, 1.807) is 11.3 Å². The molecule has 0 atom stereocenters. The zero-order valence-corrected chi connectivity index (χ0v) is 12.6. The molecule has 2 rings (SSSR count). The molecule has 0 aliphatic heterocycles. The first-order valence-corrected chi connectivity index (χ1v) is 7.24. The Labute approximate surface area is 122 Å². The monoisotopic (exact) mass is 287 g/mol. The SMILES string of the molecule is C/C(=N/NC(=O)Cc1csc(C)n1)c1ccc(C)cc1. The number of hydrogen-bond acceptors (Lipinski definition) is 4. The number of hydrazone groups is 1. The molecule has 0 saturated carbocycles. The van der Waals surface area contributed by atoms with Crippen molar-refractivity contribution < 1.29 is 4.79 Å². The average molecular weight is 287 g/mol. The molecule has 0 fully saturated rings. The molecule has 0 unspecified atom stereocenters. The molecular weight excluding hydrogens is 270 g/mol. The van der Waals surface area contributed by atoms with Gasteiger partial charge in [-0.1, -0.05) is 29.8 Å². The molecule has 1 amide bonds. The summed E-state index contributed by atoms with van der Waals surface area (Å²) in [6, 6.07) is 8.02. The number of thiazole rings is 1. The molecule has 4 nitrogen and oxygen atoms in total. The van der Waals surface area contributed by atoms with Gasteiger partial charge in [0.2, 0.25) is 5.91 Å². The van der Waals surface area contributed by atoms with Crippen LogP contribution in [0.15, 0.2) is 34.7 Å². The Bertz CT molecular complexity index is 629. The molecule has 0 bridgehead atoms. The molecule has 0 aliphatic carbocycles.